The second-order valence-electron chi connectivity index (χ2n) is 4.91. The van der Waals surface area contributed by atoms with Crippen molar-refractivity contribution in [1.82, 2.24) is 5.32 Å². The lowest BCUT2D eigenvalue weighted by Gasteiger charge is -2.14. The van der Waals surface area contributed by atoms with Crippen LogP contribution in [0, 0.1) is 5.92 Å². The maximum Gasteiger partial charge on any atom is 0.0494 e. The van der Waals surface area contributed by atoms with Gasteiger partial charge in [0.2, 0.25) is 0 Å². The van der Waals surface area contributed by atoms with Crippen LogP contribution in [0.25, 0.3) is 0 Å². The molecule has 0 aliphatic rings. The Kier molecular flexibility index (Phi) is 13.9. The Bertz CT molecular complexity index is 139. The molecule has 0 radical (unpaired) electrons. The average Bonchev–Trinajstić information content (AvgIpc) is 2.36. The molecule has 0 rings (SSSR count). The van der Waals surface area contributed by atoms with E-state index in [-0.39, 0.29) is 0 Å². The zero-order valence-corrected chi connectivity index (χ0v) is 12.3. The summed E-state index contributed by atoms with van der Waals surface area (Å²) in [6, 6.07) is 0. The molecule has 0 aromatic carbocycles. The molecule has 1 unspecified atom stereocenters. The first kappa shape index (κ1) is 16.9. The highest BCUT2D eigenvalue weighted by molar-refractivity contribution is 4.56. The lowest BCUT2D eigenvalue weighted by atomic mass is 10.0. The molecule has 0 aliphatic carbocycles. The molecular formula is C15H33NO. The number of nitrogens with one attached hydrogen (secondary N) is 1. The third-order valence-corrected chi connectivity index (χ3v) is 3.29. The molecule has 1 atom stereocenters. The maximum absolute atomic E-state index is 5.77. The van der Waals surface area contributed by atoms with Crippen molar-refractivity contribution in [2.45, 2.75) is 65.7 Å². The molecule has 0 heterocycles. The third kappa shape index (κ3) is 12.2. The van der Waals surface area contributed by atoms with E-state index in [0.29, 0.717) is 0 Å². The van der Waals surface area contributed by atoms with Gasteiger partial charge in [0.25, 0.3) is 0 Å². The zero-order valence-electron chi connectivity index (χ0n) is 12.3. The summed E-state index contributed by atoms with van der Waals surface area (Å²) in [7, 11) is 0. The molecule has 0 aromatic heterocycles. The monoisotopic (exact) mass is 243 g/mol. The highest BCUT2D eigenvalue weighted by Crippen LogP contribution is 2.13. The molecule has 0 saturated heterocycles. The Hall–Kier alpha value is -0.0800. The quantitative estimate of drug-likeness (QED) is 0.494. The summed E-state index contributed by atoms with van der Waals surface area (Å²) < 4.78 is 5.77. The van der Waals surface area contributed by atoms with E-state index in [1.807, 2.05) is 0 Å². The lowest BCUT2D eigenvalue weighted by molar-refractivity contribution is 0.0909. The lowest BCUT2D eigenvalue weighted by Crippen LogP contribution is -2.14. The molecule has 2 nitrogen and oxygen atoms in total. The summed E-state index contributed by atoms with van der Waals surface area (Å²) in [5.41, 5.74) is 0. The average molecular weight is 243 g/mol. The fourth-order valence-electron chi connectivity index (χ4n) is 1.96. The molecule has 0 aromatic rings. The van der Waals surface area contributed by atoms with Crippen molar-refractivity contribution in [1.29, 1.82) is 0 Å². The van der Waals surface area contributed by atoms with Gasteiger partial charge in [-0.3, -0.25) is 0 Å². The molecule has 0 fully saturated rings. The number of hydrogen-bond donors (Lipinski definition) is 1. The van der Waals surface area contributed by atoms with E-state index >= 15 is 0 Å². The van der Waals surface area contributed by atoms with Crippen LogP contribution in [0.1, 0.15) is 65.7 Å². The van der Waals surface area contributed by atoms with Crippen LogP contribution in [-0.4, -0.2) is 26.3 Å². The summed E-state index contributed by atoms with van der Waals surface area (Å²) in [5, 5.41) is 3.35. The minimum Gasteiger partial charge on any atom is -0.381 e. The van der Waals surface area contributed by atoms with Gasteiger partial charge in [-0.25, -0.2) is 0 Å². The van der Waals surface area contributed by atoms with Crippen LogP contribution >= 0.6 is 0 Å². The van der Waals surface area contributed by atoms with Crippen LogP contribution in [0.4, 0.5) is 0 Å². The normalized spacial score (nSPS) is 12.9. The number of unbranched alkanes of at least 4 members (excludes halogenated alkanes) is 3. The second kappa shape index (κ2) is 14.0. The van der Waals surface area contributed by atoms with E-state index in [4.69, 9.17) is 4.74 Å². The van der Waals surface area contributed by atoms with Gasteiger partial charge >= 0.3 is 0 Å². The summed E-state index contributed by atoms with van der Waals surface area (Å²) in [4.78, 5) is 0. The molecule has 2 heteroatoms. The fraction of sp³-hybridized carbons (Fsp3) is 1.00. The Balaban J connectivity index is 3.19. The van der Waals surface area contributed by atoms with Crippen LogP contribution in [0.15, 0.2) is 0 Å². The van der Waals surface area contributed by atoms with Crippen molar-refractivity contribution in [3.63, 3.8) is 0 Å². The van der Waals surface area contributed by atoms with Gasteiger partial charge in [0.15, 0.2) is 0 Å². The van der Waals surface area contributed by atoms with Crippen LogP contribution in [0.5, 0.6) is 0 Å². The van der Waals surface area contributed by atoms with Gasteiger partial charge in [-0.05, 0) is 44.7 Å². The van der Waals surface area contributed by atoms with Gasteiger partial charge in [-0.15, -0.1) is 0 Å². The second-order valence-corrected chi connectivity index (χ2v) is 4.91. The van der Waals surface area contributed by atoms with Crippen LogP contribution < -0.4 is 5.32 Å². The molecule has 0 bridgehead atoms. The standard InChI is InChI=1S/C15H33NO/c1-4-7-11-15(5-2)14-17-13-10-8-9-12-16-6-3/h15-16H,4-14H2,1-3H3. The van der Waals surface area contributed by atoms with Crippen LogP contribution in [-0.2, 0) is 4.74 Å². The van der Waals surface area contributed by atoms with Gasteiger partial charge in [-0.2, -0.15) is 0 Å². The van der Waals surface area contributed by atoms with Crippen molar-refractivity contribution in [2.75, 3.05) is 26.3 Å². The summed E-state index contributed by atoms with van der Waals surface area (Å²) >= 11 is 0. The smallest absolute Gasteiger partial charge is 0.0494 e. The molecule has 0 aliphatic heterocycles. The highest BCUT2D eigenvalue weighted by atomic mass is 16.5. The molecular weight excluding hydrogens is 210 g/mol. The van der Waals surface area contributed by atoms with E-state index in [0.717, 1.165) is 32.2 Å². The van der Waals surface area contributed by atoms with Gasteiger partial charge in [0, 0.05) is 13.2 Å². The number of hydrogen-bond acceptors (Lipinski definition) is 2. The molecule has 17 heavy (non-hydrogen) atoms. The Morgan fingerprint density at radius 2 is 1.82 bits per heavy atom. The highest BCUT2D eigenvalue weighted by Gasteiger charge is 2.05. The van der Waals surface area contributed by atoms with Gasteiger partial charge in [0.05, 0.1) is 0 Å². The molecule has 0 amide bonds. The maximum atomic E-state index is 5.77. The summed E-state index contributed by atoms with van der Waals surface area (Å²) in [5.74, 6) is 0.789. The fourth-order valence-corrected chi connectivity index (χ4v) is 1.96. The molecule has 104 valence electrons. The Morgan fingerprint density at radius 1 is 1.00 bits per heavy atom. The largest absolute Gasteiger partial charge is 0.381 e. The summed E-state index contributed by atoms with van der Waals surface area (Å²) in [6.45, 7) is 10.9. The molecule has 0 saturated carbocycles. The van der Waals surface area contributed by atoms with E-state index in [1.165, 1.54) is 44.9 Å². The molecule has 0 spiro atoms. The molecule has 1 N–H and O–H groups in total. The third-order valence-electron chi connectivity index (χ3n) is 3.29. The minimum absolute atomic E-state index is 0.789. The number of ether oxygens (including phenoxy) is 1. The first-order valence-electron chi connectivity index (χ1n) is 7.63. The van der Waals surface area contributed by atoms with Crippen molar-refractivity contribution in [3.05, 3.63) is 0 Å². The van der Waals surface area contributed by atoms with Crippen LogP contribution in [0.3, 0.4) is 0 Å². The summed E-state index contributed by atoms with van der Waals surface area (Å²) in [6.07, 6.45) is 9.05. The Morgan fingerprint density at radius 3 is 2.47 bits per heavy atom. The van der Waals surface area contributed by atoms with Crippen molar-refractivity contribution >= 4 is 0 Å². The first-order chi connectivity index (χ1) is 8.35. The van der Waals surface area contributed by atoms with Gasteiger partial charge in [0.1, 0.15) is 0 Å². The topological polar surface area (TPSA) is 21.3 Å². The van der Waals surface area contributed by atoms with E-state index < -0.39 is 0 Å². The number of rotatable bonds is 13. The zero-order chi connectivity index (χ0) is 12.8. The van der Waals surface area contributed by atoms with Crippen molar-refractivity contribution in [2.24, 2.45) is 5.92 Å². The van der Waals surface area contributed by atoms with Gasteiger partial charge in [-0.1, -0.05) is 40.0 Å². The van der Waals surface area contributed by atoms with Gasteiger partial charge < -0.3 is 10.1 Å². The SMILES string of the molecule is CCCCC(CC)COCCCCCNCC. The minimum atomic E-state index is 0.789. The first-order valence-corrected chi connectivity index (χ1v) is 7.63. The van der Waals surface area contributed by atoms with Crippen molar-refractivity contribution < 1.29 is 4.74 Å². The van der Waals surface area contributed by atoms with E-state index in [9.17, 15) is 0 Å². The predicted molar refractivity (Wildman–Crippen MR) is 76.5 cm³/mol. The predicted octanol–water partition coefficient (Wildman–Crippen LogP) is 4.00. The Labute approximate surface area is 109 Å². The van der Waals surface area contributed by atoms with Crippen LogP contribution in [0.2, 0.25) is 0 Å². The van der Waals surface area contributed by atoms with E-state index in [1.54, 1.807) is 0 Å². The van der Waals surface area contributed by atoms with Crippen molar-refractivity contribution in [3.8, 4) is 0 Å². The van der Waals surface area contributed by atoms with E-state index in [2.05, 4.69) is 26.1 Å².